The molecule has 2 amide bonds. The summed E-state index contributed by atoms with van der Waals surface area (Å²) in [5.41, 5.74) is 11.4. The molecule has 0 aliphatic rings. The number of amides is 2. The van der Waals surface area contributed by atoms with Crippen molar-refractivity contribution in [3.05, 3.63) is 59.7 Å². The second-order valence-electron chi connectivity index (χ2n) is 5.02. The SMILES string of the molecule is CC(=O)Nc1ccc(C(=O)N/N=C(\C)c2ccc(N)cc2)cc1. The molecule has 0 aromatic heterocycles. The topological polar surface area (TPSA) is 96.6 Å². The van der Waals surface area contributed by atoms with Crippen molar-refractivity contribution in [3.8, 4) is 0 Å². The predicted molar refractivity (Wildman–Crippen MR) is 91.3 cm³/mol. The lowest BCUT2D eigenvalue weighted by Crippen LogP contribution is -2.19. The van der Waals surface area contributed by atoms with Crippen molar-refractivity contribution in [1.82, 2.24) is 5.43 Å². The quantitative estimate of drug-likeness (QED) is 0.459. The average molecular weight is 310 g/mol. The summed E-state index contributed by atoms with van der Waals surface area (Å²) in [6.45, 7) is 3.22. The molecular weight excluding hydrogens is 292 g/mol. The van der Waals surface area contributed by atoms with Gasteiger partial charge >= 0.3 is 0 Å². The molecule has 6 nitrogen and oxygen atoms in total. The van der Waals surface area contributed by atoms with E-state index in [2.05, 4.69) is 15.8 Å². The molecule has 0 aliphatic heterocycles. The lowest BCUT2D eigenvalue weighted by atomic mass is 10.1. The predicted octanol–water partition coefficient (Wildman–Crippen LogP) is 2.38. The van der Waals surface area contributed by atoms with E-state index in [4.69, 9.17) is 5.73 Å². The molecule has 23 heavy (non-hydrogen) atoms. The van der Waals surface area contributed by atoms with Crippen LogP contribution in [0.2, 0.25) is 0 Å². The Morgan fingerprint density at radius 3 is 2.04 bits per heavy atom. The molecule has 0 saturated carbocycles. The van der Waals surface area contributed by atoms with Gasteiger partial charge in [0.25, 0.3) is 5.91 Å². The lowest BCUT2D eigenvalue weighted by molar-refractivity contribution is -0.114. The highest BCUT2D eigenvalue weighted by Gasteiger charge is 2.05. The Kier molecular flexibility index (Phi) is 5.09. The smallest absolute Gasteiger partial charge is 0.271 e. The van der Waals surface area contributed by atoms with Crippen molar-refractivity contribution in [1.29, 1.82) is 0 Å². The van der Waals surface area contributed by atoms with Crippen LogP contribution in [0.3, 0.4) is 0 Å². The number of nitrogen functional groups attached to an aromatic ring is 1. The number of nitrogens with two attached hydrogens (primary N) is 1. The van der Waals surface area contributed by atoms with E-state index in [0.29, 0.717) is 22.6 Å². The number of hydrogen-bond donors (Lipinski definition) is 3. The normalized spacial score (nSPS) is 11.0. The van der Waals surface area contributed by atoms with Crippen molar-refractivity contribution in [2.75, 3.05) is 11.1 Å². The van der Waals surface area contributed by atoms with Gasteiger partial charge in [0.05, 0.1) is 5.71 Å². The Labute approximate surface area is 134 Å². The van der Waals surface area contributed by atoms with E-state index in [9.17, 15) is 9.59 Å². The van der Waals surface area contributed by atoms with Crippen LogP contribution in [-0.2, 0) is 4.79 Å². The number of hydrogen-bond acceptors (Lipinski definition) is 4. The molecule has 0 radical (unpaired) electrons. The van der Waals surface area contributed by atoms with Crippen molar-refractivity contribution in [2.24, 2.45) is 5.10 Å². The molecule has 2 aromatic carbocycles. The van der Waals surface area contributed by atoms with Crippen LogP contribution in [0.5, 0.6) is 0 Å². The monoisotopic (exact) mass is 310 g/mol. The largest absolute Gasteiger partial charge is 0.399 e. The summed E-state index contributed by atoms with van der Waals surface area (Å²) in [5, 5.41) is 6.72. The summed E-state index contributed by atoms with van der Waals surface area (Å²) < 4.78 is 0. The van der Waals surface area contributed by atoms with Gasteiger partial charge in [-0.15, -0.1) is 0 Å². The fourth-order valence-corrected chi connectivity index (χ4v) is 1.90. The molecule has 0 saturated heterocycles. The second-order valence-corrected chi connectivity index (χ2v) is 5.02. The van der Waals surface area contributed by atoms with Crippen LogP contribution in [0, 0.1) is 0 Å². The zero-order valence-corrected chi connectivity index (χ0v) is 13.0. The fraction of sp³-hybridized carbons (Fsp3) is 0.118. The number of benzene rings is 2. The van der Waals surface area contributed by atoms with Gasteiger partial charge in [0.2, 0.25) is 5.91 Å². The molecule has 0 heterocycles. The maximum atomic E-state index is 12.0. The third-order valence-corrected chi connectivity index (χ3v) is 3.12. The van der Waals surface area contributed by atoms with Gasteiger partial charge in [-0.1, -0.05) is 12.1 Å². The average Bonchev–Trinajstić information content (AvgIpc) is 2.53. The number of hydrazone groups is 1. The summed E-state index contributed by atoms with van der Waals surface area (Å²) in [7, 11) is 0. The molecule has 0 unspecified atom stereocenters. The molecule has 0 aliphatic carbocycles. The molecule has 0 spiro atoms. The van der Waals surface area contributed by atoms with Crippen LogP contribution >= 0.6 is 0 Å². The number of anilines is 2. The first-order valence-corrected chi connectivity index (χ1v) is 7.04. The maximum Gasteiger partial charge on any atom is 0.271 e. The van der Waals surface area contributed by atoms with E-state index in [-0.39, 0.29) is 11.8 Å². The van der Waals surface area contributed by atoms with E-state index in [1.165, 1.54) is 6.92 Å². The third kappa shape index (κ3) is 4.67. The minimum atomic E-state index is -0.325. The van der Waals surface area contributed by atoms with E-state index >= 15 is 0 Å². The van der Waals surface area contributed by atoms with Crippen molar-refractivity contribution >= 4 is 28.9 Å². The number of carbonyl (C=O) groups is 2. The zero-order chi connectivity index (χ0) is 16.8. The van der Waals surface area contributed by atoms with Crippen LogP contribution in [0.25, 0.3) is 0 Å². The molecular formula is C17H18N4O2. The Morgan fingerprint density at radius 1 is 0.913 bits per heavy atom. The van der Waals surface area contributed by atoms with Crippen LogP contribution in [0.4, 0.5) is 11.4 Å². The highest BCUT2D eigenvalue weighted by Crippen LogP contribution is 2.10. The molecule has 118 valence electrons. The van der Waals surface area contributed by atoms with Crippen LogP contribution < -0.4 is 16.5 Å². The maximum absolute atomic E-state index is 12.0. The van der Waals surface area contributed by atoms with E-state index in [1.54, 1.807) is 43.3 Å². The Hall–Kier alpha value is -3.15. The second kappa shape index (κ2) is 7.22. The number of nitrogens with zero attached hydrogens (tertiary/aromatic N) is 1. The van der Waals surface area contributed by atoms with Crippen LogP contribution in [0.1, 0.15) is 29.8 Å². The first-order chi connectivity index (χ1) is 11.0. The number of carbonyl (C=O) groups excluding carboxylic acids is 2. The minimum absolute atomic E-state index is 0.161. The zero-order valence-electron chi connectivity index (χ0n) is 13.0. The van der Waals surface area contributed by atoms with Crippen molar-refractivity contribution < 1.29 is 9.59 Å². The molecule has 4 N–H and O–H groups in total. The number of nitrogens with one attached hydrogen (secondary N) is 2. The highest BCUT2D eigenvalue weighted by atomic mass is 16.2. The van der Waals surface area contributed by atoms with Gasteiger partial charge in [0.1, 0.15) is 0 Å². The molecule has 2 aromatic rings. The van der Waals surface area contributed by atoms with Gasteiger partial charge in [0, 0.05) is 23.9 Å². The standard InChI is InChI=1S/C17H18N4O2/c1-11(13-3-7-15(18)8-4-13)20-21-17(23)14-5-9-16(10-6-14)19-12(2)22/h3-10H,18H2,1-2H3,(H,19,22)(H,21,23)/b20-11+. The first-order valence-electron chi connectivity index (χ1n) is 7.04. The summed E-state index contributed by atoms with van der Waals surface area (Å²) in [5.74, 6) is -0.486. The lowest BCUT2D eigenvalue weighted by Gasteiger charge is -2.05. The van der Waals surface area contributed by atoms with Crippen LogP contribution in [0.15, 0.2) is 53.6 Å². The summed E-state index contributed by atoms with van der Waals surface area (Å²) in [6.07, 6.45) is 0. The van der Waals surface area contributed by atoms with Gasteiger partial charge in [-0.25, -0.2) is 5.43 Å². The van der Waals surface area contributed by atoms with Crippen molar-refractivity contribution in [2.45, 2.75) is 13.8 Å². The van der Waals surface area contributed by atoms with E-state index < -0.39 is 0 Å². The highest BCUT2D eigenvalue weighted by molar-refractivity contribution is 6.01. The van der Waals surface area contributed by atoms with E-state index in [1.807, 2.05) is 12.1 Å². The minimum Gasteiger partial charge on any atom is -0.399 e. The van der Waals surface area contributed by atoms with Gasteiger partial charge < -0.3 is 11.1 Å². The Bertz CT molecular complexity index is 734. The molecule has 2 rings (SSSR count). The molecule has 6 heteroatoms. The first kappa shape index (κ1) is 16.2. The third-order valence-electron chi connectivity index (χ3n) is 3.12. The van der Waals surface area contributed by atoms with Gasteiger partial charge in [-0.2, -0.15) is 5.10 Å². The summed E-state index contributed by atoms with van der Waals surface area (Å²) in [6, 6.07) is 13.8. The van der Waals surface area contributed by atoms with Crippen molar-refractivity contribution in [3.63, 3.8) is 0 Å². The van der Waals surface area contributed by atoms with Gasteiger partial charge in [0.15, 0.2) is 0 Å². The summed E-state index contributed by atoms with van der Waals surface area (Å²) >= 11 is 0. The fourth-order valence-electron chi connectivity index (χ4n) is 1.90. The Morgan fingerprint density at radius 2 is 1.48 bits per heavy atom. The van der Waals surface area contributed by atoms with E-state index in [0.717, 1.165) is 5.56 Å². The molecule has 0 atom stereocenters. The van der Waals surface area contributed by atoms with Gasteiger partial charge in [-0.3, -0.25) is 9.59 Å². The Balaban J connectivity index is 2.02. The molecule has 0 fully saturated rings. The van der Waals surface area contributed by atoms with Crippen LogP contribution in [-0.4, -0.2) is 17.5 Å². The van der Waals surface area contributed by atoms with Gasteiger partial charge in [-0.05, 0) is 48.9 Å². The molecule has 0 bridgehead atoms. The summed E-state index contributed by atoms with van der Waals surface area (Å²) in [4.78, 5) is 23.0. The number of rotatable bonds is 4.